The number of rotatable bonds is 7. The highest BCUT2D eigenvalue weighted by molar-refractivity contribution is 6.51. The van der Waals surface area contributed by atoms with E-state index in [1.165, 1.54) is 31.3 Å². The third kappa shape index (κ3) is 4.40. The van der Waals surface area contributed by atoms with Crippen LogP contribution in [-0.4, -0.2) is 43.6 Å². The number of amides is 1. The zero-order chi connectivity index (χ0) is 25.8. The van der Waals surface area contributed by atoms with E-state index in [9.17, 15) is 19.5 Å². The highest BCUT2D eigenvalue weighted by Gasteiger charge is 2.47. The lowest BCUT2D eigenvalue weighted by atomic mass is 9.94. The Hall–Kier alpha value is -4.59. The molecule has 4 rings (SSSR count). The predicted molar refractivity (Wildman–Crippen MR) is 133 cm³/mol. The van der Waals surface area contributed by atoms with Crippen molar-refractivity contribution in [3.8, 4) is 11.5 Å². The molecule has 0 aliphatic carbocycles. The van der Waals surface area contributed by atoms with Gasteiger partial charge in [0.1, 0.15) is 5.76 Å². The average Bonchev–Trinajstić information content (AvgIpc) is 3.18. The number of benzene rings is 3. The summed E-state index contributed by atoms with van der Waals surface area (Å²) in [5, 5.41) is 11.2. The summed E-state index contributed by atoms with van der Waals surface area (Å²) in [6.07, 6.45) is 0. The number of anilines is 1. The van der Waals surface area contributed by atoms with Crippen LogP contribution < -0.4 is 14.4 Å². The third-order valence-electron chi connectivity index (χ3n) is 5.87. The van der Waals surface area contributed by atoms with Crippen LogP contribution in [0.1, 0.15) is 34.5 Å². The number of ketones is 1. The maximum absolute atomic E-state index is 13.3. The number of ether oxygens (including phenoxy) is 3. The van der Waals surface area contributed by atoms with Crippen LogP contribution in [0.25, 0.3) is 5.76 Å². The molecule has 3 aromatic rings. The minimum atomic E-state index is -0.960. The van der Waals surface area contributed by atoms with Gasteiger partial charge >= 0.3 is 5.97 Å². The number of aliphatic hydroxyl groups excluding tert-OH is 1. The molecule has 0 unspecified atom stereocenters. The molecule has 0 aromatic heterocycles. The van der Waals surface area contributed by atoms with Crippen molar-refractivity contribution in [2.24, 2.45) is 0 Å². The van der Waals surface area contributed by atoms with E-state index >= 15 is 0 Å². The van der Waals surface area contributed by atoms with Crippen LogP contribution in [0.2, 0.25) is 0 Å². The molecule has 8 nitrogen and oxygen atoms in total. The molecule has 1 saturated heterocycles. The lowest BCUT2D eigenvalue weighted by molar-refractivity contribution is -0.132. The normalized spacial score (nSPS) is 16.6. The minimum Gasteiger partial charge on any atom is -0.507 e. The Labute approximate surface area is 208 Å². The maximum atomic E-state index is 13.3. The summed E-state index contributed by atoms with van der Waals surface area (Å²) in [6.45, 7) is 1.94. The maximum Gasteiger partial charge on any atom is 0.338 e. The lowest BCUT2D eigenvalue weighted by Crippen LogP contribution is -2.29. The van der Waals surface area contributed by atoms with Crippen molar-refractivity contribution < 1.29 is 33.7 Å². The van der Waals surface area contributed by atoms with Gasteiger partial charge in [0, 0.05) is 11.3 Å². The third-order valence-corrected chi connectivity index (χ3v) is 5.87. The van der Waals surface area contributed by atoms with E-state index in [-0.39, 0.29) is 17.9 Å². The number of hydrogen-bond acceptors (Lipinski definition) is 7. The minimum absolute atomic E-state index is 0.0621. The van der Waals surface area contributed by atoms with Crippen LogP contribution in [0, 0.1) is 0 Å². The smallest absolute Gasteiger partial charge is 0.338 e. The molecule has 1 amide bonds. The molecule has 36 heavy (non-hydrogen) atoms. The van der Waals surface area contributed by atoms with Crippen molar-refractivity contribution in [1.29, 1.82) is 0 Å². The van der Waals surface area contributed by atoms with Crippen LogP contribution >= 0.6 is 0 Å². The molecule has 3 aromatic carbocycles. The van der Waals surface area contributed by atoms with Gasteiger partial charge in [-0.25, -0.2) is 4.79 Å². The second kappa shape index (κ2) is 10.4. The van der Waals surface area contributed by atoms with E-state index in [2.05, 4.69) is 0 Å². The Morgan fingerprint density at radius 2 is 1.56 bits per heavy atom. The summed E-state index contributed by atoms with van der Waals surface area (Å²) in [5.74, 6) is -1.55. The summed E-state index contributed by atoms with van der Waals surface area (Å²) in [7, 11) is 2.99. The Morgan fingerprint density at radius 3 is 2.17 bits per heavy atom. The molecule has 0 bridgehead atoms. The molecule has 8 heteroatoms. The molecule has 184 valence electrons. The molecule has 0 spiro atoms. The van der Waals surface area contributed by atoms with Gasteiger partial charge in [0.2, 0.25) is 0 Å². The number of Topliss-reactive ketones (excluding diaryl/α,β-unsaturated/α-hetero) is 1. The van der Waals surface area contributed by atoms with Gasteiger partial charge in [-0.2, -0.15) is 0 Å². The zero-order valence-electron chi connectivity index (χ0n) is 20.1. The fourth-order valence-corrected chi connectivity index (χ4v) is 4.16. The van der Waals surface area contributed by atoms with Gasteiger partial charge in [-0.3, -0.25) is 14.5 Å². The summed E-state index contributed by atoms with van der Waals surface area (Å²) < 4.78 is 15.8. The average molecular weight is 488 g/mol. The van der Waals surface area contributed by atoms with Crippen molar-refractivity contribution in [1.82, 2.24) is 0 Å². The van der Waals surface area contributed by atoms with Gasteiger partial charge < -0.3 is 19.3 Å². The fourth-order valence-electron chi connectivity index (χ4n) is 4.16. The first kappa shape index (κ1) is 24.5. The fraction of sp³-hybridized carbons (Fsp3) is 0.179. The SMILES string of the molecule is CCOC(=O)c1ccc(N2C(=O)C(=O)/C(=C(/O)c3ccccc3)[C@@H]2c2ccc(OC)c(OC)c2)cc1. The van der Waals surface area contributed by atoms with E-state index in [1.807, 2.05) is 0 Å². The molecule has 0 saturated carbocycles. The Bertz CT molecular complexity index is 1330. The van der Waals surface area contributed by atoms with E-state index in [0.717, 1.165) is 0 Å². The molecular weight excluding hydrogens is 462 g/mol. The first-order valence-corrected chi connectivity index (χ1v) is 11.3. The molecule has 0 radical (unpaired) electrons. The lowest BCUT2D eigenvalue weighted by Gasteiger charge is -2.26. The number of nitrogens with zero attached hydrogens (tertiary/aromatic N) is 1. The second-order valence-electron chi connectivity index (χ2n) is 7.92. The van der Waals surface area contributed by atoms with E-state index in [0.29, 0.717) is 33.9 Å². The largest absolute Gasteiger partial charge is 0.507 e. The monoisotopic (exact) mass is 487 g/mol. The van der Waals surface area contributed by atoms with Crippen LogP contribution in [0.5, 0.6) is 11.5 Å². The summed E-state index contributed by atoms with van der Waals surface area (Å²) in [6, 6.07) is 18.8. The van der Waals surface area contributed by atoms with Crippen LogP contribution in [0.3, 0.4) is 0 Å². The molecule has 1 aliphatic rings. The molecular formula is C28H25NO7. The van der Waals surface area contributed by atoms with Crippen molar-refractivity contribution in [2.75, 3.05) is 25.7 Å². The number of esters is 1. The standard InChI is InChI=1S/C28H25NO7/c1-4-36-28(33)18-10-13-20(14-11-18)29-24(19-12-15-21(34-2)22(16-19)35-3)23(26(31)27(29)32)25(30)17-8-6-5-7-9-17/h5-16,24,30H,4H2,1-3H3/b25-23+/t24-/m0/s1. The Kier molecular flexibility index (Phi) is 7.05. The van der Waals surface area contributed by atoms with Gasteiger partial charge in [0.05, 0.1) is 38.0 Å². The van der Waals surface area contributed by atoms with Crippen LogP contribution in [0.4, 0.5) is 5.69 Å². The van der Waals surface area contributed by atoms with Gasteiger partial charge in [-0.05, 0) is 48.9 Å². The second-order valence-corrected chi connectivity index (χ2v) is 7.92. The van der Waals surface area contributed by atoms with Crippen molar-refractivity contribution >= 4 is 29.1 Å². The van der Waals surface area contributed by atoms with Gasteiger partial charge in [0.15, 0.2) is 11.5 Å². The highest BCUT2D eigenvalue weighted by atomic mass is 16.5. The number of carbonyl (C=O) groups is 3. The number of carbonyl (C=O) groups excluding carboxylic acids is 3. The summed E-state index contributed by atoms with van der Waals surface area (Å²) in [5.41, 5.74) is 1.55. The topological polar surface area (TPSA) is 102 Å². The van der Waals surface area contributed by atoms with E-state index < -0.39 is 23.7 Å². The van der Waals surface area contributed by atoms with Crippen molar-refractivity contribution in [3.05, 3.63) is 95.1 Å². The van der Waals surface area contributed by atoms with E-state index in [4.69, 9.17) is 14.2 Å². The number of aliphatic hydroxyl groups is 1. The summed E-state index contributed by atoms with van der Waals surface area (Å²) in [4.78, 5) is 40.0. The first-order chi connectivity index (χ1) is 17.4. The molecule has 1 N–H and O–H groups in total. The molecule has 1 heterocycles. The van der Waals surface area contributed by atoms with Gasteiger partial charge in [-0.15, -0.1) is 0 Å². The Morgan fingerprint density at radius 1 is 0.889 bits per heavy atom. The predicted octanol–water partition coefficient (Wildman–Crippen LogP) is 4.51. The molecule has 1 aliphatic heterocycles. The Balaban J connectivity index is 1.89. The van der Waals surface area contributed by atoms with E-state index in [1.54, 1.807) is 67.6 Å². The van der Waals surface area contributed by atoms with Crippen LogP contribution in [0.15, 0.2) is 78.4 Å². The zero-order valence-corrected chi connectivity index (χ0v) is 20.1. The molecule has 1 fully saturated rings. The van der Waals surface area contributed by atoms with Crippen molar-refractivity contribution in [2.45, 2.75) is 13.0 Å². The number of methoxy groups -OCH3 is 2. The van der Waals surface area contributed by atoms with Gasteiger partial charge in [-0.1, -0.05) is 36.4 Å². The highest BCUT2D eigenvalue weighted by Crippen LogP contribution is 2.44. The van der Waals surface area contributed by atoms with Crippen molar-refractivity contribution in [3.63, 3.8) is 0 Å². The first-order valence-electron chi connectivity index (χ1n) is 11.3. The summed E-state index contributed by atoms with van der Waals surface area (Å²) >= 11 is 0. The quantitative estimate of drug-likeness (QED) is 0.226. The number of hydrogen-bond donors (Lipinski definition) is 1. The van der Waals surface area contributed by atoms with Gasteiger partial charge in [0.25, 0.3) is 11.7 Å². The molecule has 1 atom stereocenters. The van der Waals surface area contributed by atoms with Crippen LogP contribution in [-0.2, 0) is 14.3 Å².